The van der Waals surface area contributed by atoms with Crippen LogP contribution in [-0.4, -0.2) is 0 Å². The third-order valence-electron chi connectivity index (χ3n) is 10.3. The Labute approximate surface area is 138 Å². The van der Waals surface area contributed by atoms with Crippen molar-refractivity contribution in [1.29, 1.82) is 0 Å². The summed E-state index contributed by atoms with van der Waals surface area (Å²) >= 11 is 0. The van der Waals surface area contributed by atoms with Crippen molar-refractivity contribution in [2.45, 2.75) is 74.1 Å². The molecular formula is C22H38. The molecule has 126 valence electrons. The van der Waals surface area contributed by atoms with Gasteiger partial charge in [0.15, 0.2) is 0 Å². The molecule has 0 radical (unpaired) electrons. The Morgan fingerprint density at radius 1 is 1.05 bits per heavy atom. The van der Waals surface area contributed by atoms with Gasteiger partial charge >= 0.3 is 0 Å². The summed E-state index contributed by atoms with van der Waals surface area (Å²) < 4.78 is 0. The number of fused-ring (bicyclic) bond motifs is 1. The lowest BCUT2D eigenvalue weighted by molar-refractivity contribution is -0.181. The minimum atomic E-state index is 0.596. The molecule has 0 spiro atoms. The first-order chi connectivity index (χ1) is 10.2. The van der Waals surface area contributed by atoms with Gasteiger partial charge < -0.3 is 0 Å². The molecule has 9 atom stereocenters. The van der Waals surface area contributed by atoms with Gasteiger partial charge in [-0.15, -0.1) is 0 Å². The van der Waals surface area contributed by atoms with Crippen LogP contribution in [0.1, 0.15) is 74.1 Å². The zero-order valence-electron chi connectivity index (χ0n) is 16.0. The molecule has 0 N–H and O–H groups in total. The molecule has 0 saturated heterocycles. The lowest BCUT2D eigenvalue weighted by Gasteiger charge is -2.66. The Balaban J connectivity index is 1.42. The van der Waals surface area contributed by atoms with Crippen LogP contribution in [0.25, 0.3) is 0 Å². The van der Waals surface area contributed by atoms with Crippen LogP contribution in [0, 0.1) is 64.1 Å². The topological polar surface area (TPSA) is 0 Å². The summed E-state index contributed by atoms with van der Waals surface area (Å²) in [5.41, 5.74) is 1.25. The highest BCUT2D eigenvalue weighted by Gasteiger charge is 2.75. The van der Waals surface area contributed by atoms with E-state index in [9.17, 15) is 0 Å². The minimum absolute atomic E-state index is 0.596. The van der Waals surface area contributed by atoms with E-state index in [-0.39, 0.29) is 0 Å². The Morgan fingerprint density at radius 2 is 1.64 bits per heavy atom. The zero-order valence-corrected chi connectivity index (χ0v) is 16.0. The summed E-state index contributed by atoms with van der Waals surface area (Å²) in [4.78, 5) is 0. The summed E-state index contributed by atoms with van der Waals surface area (Å²) in [6.45, 7) is 17.9. The van der Waals surface area contributed by atoms with Gasteiger partial charge in [0, 0.05) is 0 Å². The summed E-state index contributed by atoms with van der Waals surface area (Å²) in [6.07, 6.45) is 6.12. The standard InChI is InChI=1S/C22H38/c1-12(13(2)16-8-9-16)10-17-14(3)18-11-19(20(17)18)22(7)15(4)21(22,5)6/h12-20H,8-11H2,1-7H3. The average molecular weight is 303 g/mol. The fourth-order valence-corrected chi connectivity index (χ4v) is 7.27. The lowest BCUT2D eigenvalue weighted by atomic mass is 9.39. The Bertz CT molecular complexity index is 459. The molecule has 9 unspecified atom stereocenters. The van der Waals surface area contributed by atoms with E-state index < -0.39 is 0 Å². The van der Waals surface area contributed by atoms with Crippen molar-refractivity contribution < 1.29 is 0 Å². The third kappa shape index (κ3) is 1.76. The molecule has 0 aromatic carbocycles. The Kier molecular flexibility index (Phi) is 3.21. The van der Waals surface area contributed by atoms with Crippen LogP contribution < -0.4 is 0 Å². The number of hydrogen-bond donors (Lipinski definition) is 0. The van der Waals surface area contributed by atoms with Crippen molar-refractivity contribution in [2.24, 2.45) is 64.1 Å². The van der Waals surface area contributed by atoms with Crippen LogP contribution in [0.15, 0.2) is 0 Å². The normalized spacial score (nSPS) is 54.7. The quantitative estimate of drug-likeness (QED) is 0.562. The molecule has 4 saturated carbocycles. The molecule has 0 heterocycles. The predicted molar refractivity (Wildman–Crippen MR) is 94.5 cm³/mol. The van der Waals surface area contributed by atoms with Crippen LogP contribution in [0.4, 0.5) is 0 Å². The summed E-state index contributed by atoms with van der Waals surface area (Å²) in [6, 6.07) is 0. The van der Waals surface area contributed by atoms with Gasteiger partial charge in [0.05, 0.1) is 0 Å². The maximum atomic E-state index is 2.62. The first kappa shape index (κ1) is 15.5. The molecule has 4 fully saturated rings. The second kappa shape index (κ2) is 4.54. The van der Waals surface area contributed by atoms with Gasteiger partial charge in [0.1, 0.15) is 0 Å². The molecule has 0 amide bonds. The highest BCUT2D eigenvalue weighted by atomic mass is 14.8. The van der Waals surface area contributed by atoms with E-state index in [0.717, 1.165) is 53.3 Å². The van der Waals surface area contributed by atoms with Crippen LogP contribution in [0.3, 0.4) is 0 Å². The van der Waals surface area contributed by atoms with E-state index in [1.165, 1.54) is 19.3 Å². The van der Waals surface area contributed by atoms with Crippen molar-refractivity contribution in [2.75, 3.05) is 0 Å². The smallest absolute Gasteiger partial charge is 0.0210 e. The molecule has 0 aliphatic heterocycles. The van der Waals surface area contributed by atoms with E-state index in [0.29, 0.717) is 10.8 Å². The van der Waals surface area contributed by atoms with E-state index in [1.54, 1.807) is 6.42 Å². The van der Waals surface area contributed by atoms with Gasteiger partial charge in [0.2, 0.25) is 0 Å². The summed E-state index contributed by atoms with van der Waals surface area (Å²) in [7, 11) is 0. The monoisotopic (exact) mass is 302 g/mol. The average Bonchev–Trinajstić information content (AvgIpc) is 3.33. The van der Waals surface area contributed by atoms with E-state index in [4.69, 9.17) is 0 Å². The SMILES string of the molecule is CC(CC1C(C)C2CC(C3(C)C(C)C3(C)C)C12)C(C)C1CC1. The van der Waals surface area contributed by atoms with Crippen molar-refractivity contribution in [3.63, 3.8) is 0 Å². The van der Waals surface area contributed by atoms with Crippen molar-refractivity contribution in [1.82, 2.24) is 0 Å². The molecule has 0 bridgehead atoms. The third-order valence-corrected chi connectivity index (χ3v) is 10.3. The van der Waals surface area contributed by atoms with Gasteiger partial charge in [-0.2, -0.15) is 0 Å². The second-order valence-corrected chi connectivity index (χ2v) is 10.7. The molecule has 0 nitrogen and oxygen atoms in total. The second-order valence-electron chi connectivity index (χ2n) is 10.7. The maximum absolute atomic E-state index is 2.62. The van der Waals surface area contributed by atoms with Gasteiger partial charge in [-0.25, -0.2) is 0 Å². The van der Waals surface area contributed by atoms with Crippen molar-refractivity contribution in [3.8, 4) is 0 Å². The molecule has 4 aliphatic carbocycles. The van der Waals surface area contributed by atoms with Crippen molar-refractivity contribution >= 4 is 0 Å². The maximum Gasteiger partial charge on any atom is -0.0210 e. The molecule has 0 heteroatoms. The van der Waals surface area contributed by atoms with Crippen LogP contribution in [0.2, 0.25) is 0 Å². The largest absolute Gasteiger partial charge is 0.0622 e. The lowest BCUT2D eigenvalue weighted by Crippen LogP contribution is -2.60. The Hall–Kier alpha value is 0. The minimum Gasteiger partial charge on any atom is -0.0622 e. The van der Waals surface area contributed by atoms with Gasteiger partial charge in [0.25, 0.3) is 0 Å². The molecule has 4 aliphatic rings. The molecular weight excluding hydrogens is 264 g/mol. The molecule has 4 rings (SSSR count). The van der Waals surface area contributed by atoms with E-state index in [1.807, 2.05) is 0 Å². The molecule has 0 aromatic rings. The predicted octanol–water partition coefficient (Wildman–Crippen LogP) is 6.26. The number of rotatable bonds is 5. The van der Waals surface area contributed by atoms with Crippen LogP contribution >= 0.6 is 0 Å². The summed E-state index contributed by atoms with van der Waals surface area (Å²) in [5, 5.41) is 0. The zero-order chi connectivity index (χ0) is 16.0. The van der Waals surface area contributed by atoms with Gasteiger partial charge in [-0.1, -0.05) is 48.5 Å². The van der Waals surface area contributed by atoms with Crippen LogP contribution in [0.5, 0.6) is 0 Å². The highest BCUT2D eigenvalue weighted by Crippen LogP contribution is 2.80. The molecule has 0 aromatic heterocycles. The first-order valence-corrected chi connectivity index (χ1v) is 10.2. The number of hydrogen-bond acceptors (Lipinski definition) is 0. The van der Waals surface area contributed by atoms with Crippen molar-refractivity contribution in [3.05, 3.63) is 0 Å². The van der Waals surface area contributed by atoms with Crippen LogP contribution in [-0.2, 0) is 0 Å². The fraction of sp³-hybridized carbons (Fsp3) is 1.00. The van der Waals surface area contributed by atoms with E-state index >= 15 is 0 Å². The van der Waals surface area contributed by atoms with E-state index in [2.05, 4.69) is 48.5 Å². The van der Waals surface area contributed by atoms with Gasteiger partial charge in [-0.3, -0.25) is 0 Å². The highest BCUT2D eigenvalue weighted by molar-refractivity contribution is 5.22. The van der Waals surface area contributed by atoms with Gasteiger partial charge in [-0.05, 0) is 89.8 Å². The first-order valence-electron chi connectivity index (χ1n) is 10.2. The summed E-state index contributed by atoms with van der Waals surface area (Å²) in [5.74, 6) is 9.28. The fourth-order valence-electron chi connectivity index (χ4n) is 7.27. The molecule has 22 heavy (non-hydrogen) atoms. The Morgan fingerprint density at radius 3 is 2.14 bits per heavy atom.